The monoisotopic (exact) mass is 289 g/mol. The van der Waals surface area contributed by atoms with Crippen LogP contribution >= 0.6 is 0 Å². The highest BCUT2D eigenvalue weighted by atomic mass is 16.5. The molecule has 0 amide bonds. The molecule has 7 heteroatoms. The number of carbonyl (C=O) groups is 1. The molecule has 0 aliphatic rings. The molecule has 0 atom stereocenters. The molecule has 0 aliphatic heterocycles. The number of aromatic nitrogens is 3. The van der Waals surface area contributed by atoms with Crippen molar-refractivity contribution in [1.82, 2.24) is 14.5 Å². The van der Waals surface area contributed by atoms with Crippen molar-refractivity contribution < 1.29 is 9.53 Å². The van der Waals surface area contributed by atoms with Gasteiger partial charge in [0.25, 0.3) is 0 Å². The third-order valence-corrected chi connectivity index (χ3v) is 2.93. The average molecular weight is 289 g/mol. The third kappa shape index (κ3) is 3.95. The Balaban J connectivity index is 1.91. The first-order chi connectivity index (χ1) is 10.2. The van der Waals surface area contributed by atoms with Crippen LogP contribution in [0.25, 0.3) is 0 Å². The average Bonchev–Trinajstić information content (AvgIpc) is 2.98. The van der Waals surface area contributed by atoms with Gasteiger partial charge in [0.05, 0.1) is 24.2 Å². The molecule has 3 N–H and O–H groups in total. The Bertz CT molecular complexity index is 583. The van der Waals surface area contributed by atoms with Crippen LogP contribution in [0.2, 0.25) is 0 Å². The number of nitrogens with one attached hydrogen (secondary N) is 1. The maximum atomic E-state index is 11.7. The molecule has 2 heterocycles. The summed E-state index contributed by atoms with van der Waals surface area (Å²) in [7, 11) is 0. The van der Waals surface area contributed by atoms with E-state index in [1.54, 1.807) is 31.7 Å². The number of nitrogen functional groups attached to an aromatic ring is 1. The van der Waals surface area contributed by atoms with Gasteiger partial charge in [0, 0.05) is 31.7 Å². The smallest absolute Gasteiger partial charge is 0.340 e. The van der Waals surface area contributed by atoms with Crippen LogP contribution < -0.4 is 11.1 Å². The second-order valence-corrected chi connectivity index (χ2v) is 4.42. The van der Waals surface area contributed by atoms with Crippen LogP contribution in [0.1, 0.15) is 23.7 Å². The molecule has 112 valence electrons. The molecule has 0 saturated heterocycles. The number of nitrogens with zero attached hydrogens (tertiary/aromatic N) is 3. The second kappa shape index (κ2) is 7.28. The number of rotatable bonds is 7. The normalized spacial score (nSPS) is 10.3. The lowest BCUT2D eigenvalue weighted by molar-refractivity contribution is 0.0527. The highest BCUT2D eigenvalue weighted by Crippen LogP contribution is 2.20. The zero-order valence-corrected chi connectivity index (χ0v) is 12.0. The van der Waals surface area contributed by atoms with Crippen molar-refractivity contribution in [2.24, 2.45) is 0 Å². The minimum absolute atomic E-state index is 0.314. The van der Waals surface area contributed by atoms with Crippen molar-refractivity contribution in [3.8, 4) is 0 Å². The van der Waals surface area contributed by atoms with E-state index in [2.05, 4.69) is 15.3 Å². The topological polar surface area (TPSA) is 95.1 Å². The molecule has 0 aromatic carbocycles. The van der Waals surface area contributed by atoms with E-state index in [0.29, 0.717) is 30.2 Å². The van der Waals surface area contributed by atoms with Crippen molar-refractivity contribution in [1.29, 1.82) is 0 Å². The number of ether oxygens (including phenoxy) is 1. The SMILES string of the molecule is CCOC(=O)c1ccnc(NCCCn2ccnc2)c1N. The fraction of sp³-hybridized carbons (Fsp3) is 0.357. The standard InChI is InChI=1S/C14H19N5O2/c1-2-21-14(20)11-4-6-18-13(12(11)15)17-5-3-8-19-9-7-16-10-19/h4,6-7,9-10H,2-3,5,8,15H2,1H3,(H,17,18). The highest BCUT2D eigenvalue weighted by Gasteiger charge is 2.14. The van der Waals surface area contributed by atoms with Gasteiger partial charge >= 0.3 is 5.97 Å². The van der Waals surface area contributed by atoms with Gasteiger partial charge in [0.1, 0.15) is 5.82 Å². The zero-order valence-electron chi connectivity index (χ0n) is 12.0. The molecule has 2 aromatic rings. The first-order valence-electron chi connectivity index (χ1n) is 6.83. The number of aryl methyl sites for hydroxylation is 1. The maximum Gasteiger partial charge on any atom is 0.340 e. The van der Waals surface area contributed by atoms with Gasteiger partial charge < -0.3 is 20.4 Å². The first kappa shape index (κ1) is 14.8. The van der Waals surface area contributed by atoms with E-state index in [0.717, 1.165) is 13.0 Å². The van der Waals surface area contributed by atoms with Gasteiger partial charge in [-0.15, -0.1) is 0 Å². The number of carbonyl (C=O) groups excluding carboxylic acids is 1. The Hall–Kier alpha value is -2.57. The van der Waals surface area contributed by atoms with Crippen LogP contribution in [0, 0.1) is 0 Å². The fourth-order valence-electron chi connectivity index (χ4n) is 1.89. The lowest BCUT2D eigenvalue weighted by Crippen LogP contribution is -2.13. The van der Waals surface area contributed by atoms with Crippen LogP contribution in [-0.2, 0) is 11.3 Å². The van der Waals surface area contributed by atoms with Gasteiger partial charge in [-0.25, -0.2) is 14.8 Å². The summed E-state index contributed by atoms with van der Waals surface area (Å²) >= 11 is 0. The summed E-state index contributed by atoms with van der Waals surface area (Å²) in [5.41, 5.74) is 6.61. The highest BCUT2D eigenvalue weighted by molar-refractivity contribution is 5.97. The van der Waals surface area contributed by atoms with Gasteiger partial charge in [-0.2, -0.15) is 0 Å². The van der Waals surface area contributed by atoms with E-state index >= 15 is 0 Å². The van der Waals surface area contributed by atoms with Crippen molar-refractivity contribution in [3.63, 3.8) is 0 Å². The summed E-state index contributed by atoms with van der Waals surface area (Å²) in [5, 5.41) is 3.14. The lowest BCUT2D eigenvalue weighted by atomic mass is 10.2. The van der Waals surface area contributed by atoms with Crippen molar-refractivity contribution in [2.75, 3.05) is 24.2 Å². The molecule has 2 rings (SSSR count). The van der Waals surface area contributed by atoms with E-state index in [9.17, 15) is 4.79 Å². The minimum atomic E-state index is -0.432. The van der Waals surface area contributed by atoms with Crippen LogP contribution in [0.15, 0.2) is 31.0 Å². The van der Waals surface area contributed by atoms with Crippen LogP contribution in [0.3, 0.4) is 0 Å². The third-order valence-electron chi connectivity index (χ3n) is 2.93. The first-order valence-corrected chi connectivity index (χ1v) is 6.83. The Morgan fingerprint density at radius 1 is 1.48 bits per heavy atom. The van der Waals surface area contributed by atoms with Gasteiger partial charge in [0.2, 0.25) is 0 Å². The molecule has 0 unspecified atom stereocenters. The minimum Gasteiger partial charge on any atom is -0.462 e. The maximum absolute atomic E-state index is 11.7. The molecule has 0 radical (unpaired) electrons. The summed E-state index contributed by atoms with van der Waals surface area (Å²) in [6, 6.07) is 1.56. The molecular weight excluding hydrogens is 270 g/mol. The second-order valence-electron chi connectivity index (χ2n) is 4.42. The van der Waals surface area contributed by atoms with E-state index < -0.39 is 5.97 Å². The molecule has 0 spiro atoms. The summed E-state index contributed by atoms with van der Waals surface area (Å²) < 4.78 is 6.95. The molecular formula is C14H19N5O2. The van der Waals surface area contributed by atoms with Crippen molar-refractivity contribution in [3.05, 3.63) is 36.5 Å². The Labute approximate surface area is 123 Å². The predicted molar refractivity (Wildman–Crippen MR) is 79.9 cm³/mol. The van der Waals surface area contributed by atoms with Crippen molar-refractivity contribution >= 4 is 17.5 Å². The summed E-state index contributed by atoms with van der Waals surface area (Å²) in [6.07, 6.45) is 7.86. The van der Waals surface area contributed by atoms with Gasteiger partial charge in [-0.3, -0.25) is 0 Å². The Morgan fingerprint density at radius 2 is 2.33 bits per heavy atom. The van der Waals surface area contributed by atoms with Crippen LogP contribution in [0.4, 0.5) is 11.5 Å². The van der Waals surface area contributed by atoms with Gasteiger partial charge in [-0.1, -0.05) is 0 Å². The number of hydrogen-bond donors (Lipinski definition) is 2. The largest absolute Gasteiger partial charge is 0.462 e. The van der Waals surface area contributed by atoms with Crippen LogP contribution in [0.5, 0.6) is 0 Å². The van der Waals surface area contributed by atoms with Crippen LogP contribution in [-0.4, -0.2) is 33.7 Å². The summed E-state index contributed by atoms with van der Waals surface area (Å²) in [6.45, 7) is 3.62. The van der Waals surface area contributed by atoms with E-state index in [-0.39, 0.29) is 0 Å². The quantitative estimate of drug-likeness (QED) is 0.593. The number of hydrogen-bond acceptors (Lipinski definition) is 6. The molecule has 2 aromatic heterocycles. The van der Waals surface area contributed by atoms with Crippen molar-refractivity contribution in [2.45, 2.75) is 19.9 Å². The molecule has 0 bridgehead atoms. The number of esters is 1. The van der Waals surface area contributed by atoms with E-state index in [4.69, 9.17) is 10.5 Å². The molecule has 0 fully saturated rings. The molecule has 0 aliphatic carbocycles. The molecule has 7 nitrogen and oxygen atoms in total. The number of nitrogens with two attached hydrogens (primary N) is 1. The zero-order chi connectivity index (χ0) is 15.1. The predicted octanol–water partition coefficient (Wildman–Crippen LogP) is 1.54. The van der Waals surface area contributed by atoms with E-state index in [1.807, 2.05) is 10.8 Å². The number of anilines is 2. The number of pyridine rings is 1. The van der Waals surface area contributed by atoms with Gasteiger partial charge in [0.15, 0.2) is 0 Å². The molecule has 21 heavy (non-hydrogen) atoms. The summed E-state index contributed by atoms with van der Waals surface area (Å²) in [5.74, 6) is 0.0741. The fourth-order valence-corrected chi connectivity index (χ4v) is 1.89. The Morgan fingerprint density at radius 3 is 3.05 bits per heavy atom. The van der Waals surface area contributed by atoms with Gasteiger partial charge in [-0.05, 0) is 19.4 Å². The Kier molecular flexibility index (Phi) is 5.14. The number of imidazole rings is 1. The lowest BCUT2D eigenvalue weighted by Gasteiger charge is -2.11. The molecule has 0 saturated carbocycles. The van der Waals surface area contributed by atoms with E-state index in [1.165, 1.54) is 0 Å². The summed E-state index contributed by atoms with van der Waals surface area (Å²) in [4.78, 5) is 19.9.